The quantitative estimate of drug-likeness (QED) is 0.374. The van der Waals surface area contributed by atoms with Gasteiger partial charge in [0.2, 0.25) is 0 Å². The lowest BCUT2D eigenvalue weighted by atomic mass is 9.74. The Morgan fingerprint density at radius 2 is 1.93 bits per heavy atom. The minimum atomic E-state index is 0.0717. The fourth-order valence-corrected chi connectivity index (χ4v) is 3.36. The summed E-state index contributed by atoms with van der Waals surface area (Å²) in [6, 6.07) is 10.8. The topological polar surface area (TPSA) is 54.9 Å². The molecule has 0 atom stereocenters. The number of nitrogens with zero attached hydrogens (tertiary/aromatic N) is 1. The summed E-state index contributed by atoms with van der Waals surface area (Å²) in [5.41, 5.74) is 1.44. The van der Waals surface area contributed by atoms with E-state index in [1.807, 2.05) is 0 Å². The molecule has 152 valence electrons. The minimum absolute atomic E-state index is 0.0717. The number of aliphatic imine (C=N–C) groups is 1. The molecule has 5 heteroatoms. The first-order chi connectivity index (χ1) is 13.2. The fourth-order valence-electron chi connectivity index (χ4n) is 3.36. The zero-order valence-electron chi connectivity index (χ0n) is 17.3. The zero-order valence-corrected chi connectivity index (χ0v) is 17.3. The minimum Gasteiger partial charge on any atom is -0.381 e. The molecule has 0 aromatic heterocycles. The van der Waals surface area contributed by atoms with Crippen LogP contribution in [0.1, 0.15) is 45.6 Å². The molecule has 0 saturated carbocycles. The molecule has 0 bridgehead atoms. The molecule has 1 fully saturated rings. The van der Waals surface area contributed by atoms with E-state index in [-0.39, 0.29) is 5.41 Å². The lowest BCUT2D eigenvalue weighted by Crippen LogP contribution is -2.41. The van der Waals surface area contributed by atoms with E-state index in [0.717, 1.165) is 71.3 Å². The molecule has 1 aliphatic rings. The zero-order chi connectivity index (χ0) is 19.4. The van der Waals surface area contributed by atoms with Gasteiger partial charge in [-0.25, -0.2) is 0 Å². The second-order valence-corrected chi connectivity index (χ2v) is 7.70. The fraction of sp³-hybridized carbons (Fsp3) is 0.682. The standard InChI is InChI=1S/C22H37N3O2/c1-4-23-21(24-13-8-14-27-17-19(2)3)25-18-22(11-15-26-16-12-22)20-9-6-5-7-10-20/h5-7,9-10,19H,4,8,11-18H2,1-3H3,(H2,23,24,25). The summed E-state index contributed by atoms with van der Waals surface area (Å²) in [4.78, 5) is 4.93. The lowest BCUT2D eigenvalue weighted by Gasteiger charge is -2.36. The Labute approximate surface area is 164 Å². The average molecular weight is 376 g/mol. The molecular weight excluding hydrogens is 338 g/mol. The Kier molecular flexibility index (Phi) is 9.64. The van der Waals surface area contributed by atoms with E-state index < -0.39 is 0 Å². The van der Waals surface area contributed by atoms with Gasteiger partial charge in [-0.15, -0.1) is 0 Å². The number of rotatable bonds is 10. The molecule has 5 nitrogen and oxygen atoms in total. The SMILES string of the molecule is CCNC(=NCC1(c2ccccc2)CCOCC1)NCCCOCC(C)C. The third-order valence-electron chi connectivity index (χ3n) is 4.93. The van der Waals surface area contributed by atoms with Crippen molar-refractivity contribution < 1.29 is 9.47 Å². The Bertz CT molecular complexity index is 540. The van der Waals surface area contributed by atoms with Gasteiger partial charge in [0.05, 0.1) is 6.54 Å². The van der Waals surface area contributed by atoms with Crippen LogP contribution in [0.5, 0.6) is 0 Å². The highest BCUT2D eigenvalue weighted by atomic mass is 16.5. The Hall–Kier alpha value is -1.59. The first-order valence-electron chi connectivity index (χ1n) is 10.4. The highest BCUT2D eigenvalue weighted by Crippen LogP contribution is 2.35. The van der Waals surface area contributed by atoms with Crippen LogP contribution in [0.25, 0.3) is 0 Å². The second kappa shape index (κ2) is 12.0. The van der Waals surface area contributed by atoms with Crippen LogP contribution in [0.4, 0.5) is 0 Å². The van der Waals surface area contributed by atoms with Crippen molar-refractivity contribution in [1.29, 1.82) is 0 Å². The molecule has 1 aromatic carbocycles. The highest BCUT2D eigenvalue weighted by Gasteiger charge is 2.34. The molecule has 2 N–H and O–H groups in total. The van der Waals surface area contributed by atoms with E-state index in [9.17, 15) is 0 Å². The van der Waals surface area contributed by atoms with Crippen molar-refractivity contribution in [2.75, 3.05) is 46.1 Å². The van der Waals surface area contributed by atoms with Gasteiger partial charge >= 0.3 is 0 Å². The van der Waals surface area contributed by atoms with E-state index in [2.05, 4.69) is 61.7 Å². The monoisotopic (exact) mass is 375 g/mol. The number of hydrogen-bond donors (Lipinski definition) is 2. The molecule has 1 aliphatic heterocycles. The van der Waals surface area contributed by atoms with Crippen molar-refractivity contribution in [3.63, 3.8) is 0 Å². The molecule has 1 saturated heterocycles. The van der Waals surface area contributed by atoms with Crippen molar-refractivity contribution in [3.05, 3.63) is 35.9 Å². The van der Waals surface area contributed by atoms with Crippen molar-refractivity contribution in [1.82, 2.24) is 10.6 Å². The van der Waals surface area contributed by atoms with E-state index in [1.165, 1.54) is 5.56 Å². The van der Waals surface area contributed by atoms with Gasteiger partial charge in [-0.1, -0.05) is 44.2 Å². The van der Waals surface area contributed by atoms with E-state index in [0.29, 0.717) is 5.92 Å². The van der Waals surface area contributed by atoms with Crippen molar-refractivity contribution in [2.45, 2.75) is 45.4 Å². The molecule has 2 rings (SSSR count). The molecule has 0 aliphatic carbocycles. The maximum absolute atomic E-state index is 5.65. The van der Waals surface area contributed by atoms with Crippen LogP contribution >= 0.6 is 0 Å². The van der Waals surface area contributed by atoms with Gasteiger partial charge in [-0.05, 0) is 37.7 Å². The largest absolute Gasteiger partial charge is 0.381 e. The van der Waals surface area contributed by atoms with Gasteiger partial charge in [0.15, 0.2) is 5.96 Å². The predicted octanol–water partition coefficient (Wildman–Crippen LogP) is 3.35. The lowest BCUT2D eigenvalue weighted by molar-refractivity contribution is 0.0531. The van der Waals surface area contributed by atoms with Crippen LogP contribution in [-0.2, 0) is 14.9 Å². The summed E-state index contributed by atoms with van der Waals surface area (Å²) in [6.07, 6.45) is 3.01. The third-order valence-corrected chi connectivity index (χ3v) is 4.93. The van der Waals surface area contributed by atoms with Gasteiger partial charge in [0.1, 0.15) is 0 Å². The maximum atomic E-state index is 5.65. The first kappa shape index (κ1) is 21.7. The van der Waals surface area contributed by atoms with Gasteiger partial charge in [0.25, 0.3) is 0 Å². The molecule has 0 radical (unpaired) electrons. The predicted molar refractivity (Wildman–Crippen MR) is 112 cm³/mol. The summed E-state index contributed by atoms with van der Waals surface area (Å²) < 4.78 is 11.3. The van der Waals surface area contributed by atoms with E-state index >= 15 is 0 Å². The van der Waals surface area contributed by atoms with Gasteiger partial charge in [0, 0.05) is 44.9 Å². The van der Waals surface area contributed by atoms with Crippen LogP contribution in [-0.4, -0.2) is 52.0 Å². The summed E-state index contributed by atoms with van der Waals surface area (Å²) in [5, 5.41) is 6.81. The highest BCUT2D eigenvalue weighted by molar-refractivity contribution is 5.79. The van der Waals surface area contributed by atoms with Crippen molar-refractivity contribution in [2.24, 2.45) is 10.9 Å². The Balaban J connectivity index is 1.92. The van der Waals surface area contributed by atoms with Crippen LogP contribution in [0.3, 0.4) is 0 Å². The third kappa shape index (κ3) is 7.51. The summed E-state index contributed by atoms with van der Waals surface area (Å²) in [5.74, 6) is 1.48. The summed E-state index contributed by atoms with van der Waals surface area (Å²) >= 11 is 0. The van der Waals surface area contributed by atoms with Crippen LogP contribution in [0.15, 0.2) is 35.3 Å². The van der Waals surface area contributed by atoms with Gasteiger partial charge in [-0.3, -0.25) is 4.99 Å². The second-order valence-electron chi connectivity index (χ2n) is 7.70. The number of ether oxygens (including phenoxy) is 2. The van der Waals surface area contributed by atoms with Gasteiger partial charge < -0.3 is 20.1 Å². The van der Waals surface area contributed by atoms with Gasteiger partial charge in [-0.2, -0.15) is 0 Å². The smallest absolute Gasteiger partial charge is 0.191 e. The number of hydrogen-bond acceptors (Lipinski definition) is 3. The van der Waals surface area contributed by atoms with Crippen LogP contribution in [0.2, 0.25) is 0 Å². The molecule has 0 spiro atoms. The number of benzene rings is 1. The molecule has 1 aromatic rings. The molecular formula is C22H37N3O2. The maximum Gasteiger partial charge on any atom is 0.191 e. The first-order valence-corrected chi connectivity index (χ1v) is 10.4. The molecule has 27 heavy (non-hydrogen) atoms. The Morgan fingerprint density at radius 3 is 2.59 bits per heavy atom. The van der Waals surface area contributed by atoms with E-state index in [4.69, 9.17) is 14.5 Å². The van der Waals surface area contributed by atoms with Crippen molar-refractivity contribution >= 4 is 5.96 Å². The van der Waals surface area contributed by atoms with Crippen LogP contribution < -0.4 is 10.6 Å². The molecule has 0 amide bonds. The normalized spacial score (nSPS) is 17.1. The summed E-state index contributed by atoms with van der Waals surface area (Å²) in [6.45, 7) is 12.2. The van der Waals surface area contributed by atoms with Crippen LogP contribution in [0, 0.1) is 5.92 Å². The molecule has 0 unspecified atom stereocenters. The summed E-state index contributed by atoms with van der Waals surface area (Å²) in [7, 11) is 0. The number of guanidine groups is 1. The molecule has 1 heterocycles. The number of nitrogens with one attached hydrogen (secondary N) is 2. The van der Waals surface area contributed by atoms with E-state index in [1.54, 1.807) is 0 Å². The van der Waals surface area contributed by atoms with Crippen molar-refractivity contribution in [3.8, 4) is 0 Å². The average Bonchev–Trinajstić information content (AvgIpc) is 2.70. The Morgan fingerprint density at radius 1 is 1.19 bits per heavy atom.